The average Bonchev–Trinajstić information content (AvgIpc) is 2.69. The molecule has 0 radical (unpaired) electrons. The molecule has 4 N–H and O–H groups in total. The maximum Gasteiger partial charge on any atom is 0.0703 e. The highest BCUT2D eigenvalue weighted by atomic mass is 15.3. The van der Waals surface area contributed by atoms with Gasteiger partial charge in [-0.25, -0.2) is 0 Å². The Morgan fingerprint density at radius 3 is 2.82 bits per heavy atom. The number of nitrogens with zero attached hydrogens (tertiary/aromatic N) is 3. The summed E-state index contributed by atoms with van der Waals surface area (Å²) in [7, 11) is 4.07. The average molecular weight is 385 g/mol. The smallest absolute Gasteiger partial charge is 0.0703 e. The van der Waals surface area contributed by atoms with Crippen LogP contribution in [-0.2, 0) is 0 Å². The zero-order chi connectivity index (χ0) is 20.8. The Balaban J connectivity index is 2.48. The van der Waals surface area contributed by atoms with Gasteiger partial charge in [0.25, 0.3) is 0 Å². The van der Waals surface area contributed by atoms with E-state index in [0.717, 1.165) is 39.0 Å². The fraction of sp³-hybridized carbons (Fsp3) is 0.409. The normalized spacial score (nSPS) is 15.2. The van der Waals surface area contributed by atoms with Crippen molar-refractivity contribution in [1.82, 2.24) is 20.4 Å². The summed E-state index contributed by atoms with van der Waals surface area (Å²) in [6.45, 7) is 13.9. The van der Waals surface area contributed by atoms with Gasteiger partial charge in [-0.3, -0.25) is 9.89 Å². The van der Waals surface area contributed by atoms with Crippen molar-refractivity contribution in [3.63, 3.8) is 0 Å². The van der Waals surface area contributed by atoms with Gasteiger partial charge in [0.2, 0.25) is 0 Å². The molecule has 0 aromatic heterocycles. The number of hydrogen-bond donors (Lipinski definition) is 3. The van der Waals surface area contributed by atoms with E-state index in [9.17, 15) is 0 Å². The van der Waals surface area contributed by atoms with E-state index in [1.165, 1.54) is 5.57 Å². The van der Waals surface area contributed by atoms with Crippen LogP contribution in [-0.4, -0.2) is 56.4 Å². The molecule has 1 aliphatic carbocycles. The molecule has 1 aliphatic rings. The summed E-state index contributed by atoms with van der Waals surface area (Å²) in [6.07, 6.45) is 16.8. The van der Waals surface area contributed by atoms with Crippen LogP contribution >= 0.6 is 0 Å². The lowest BCUT2D eigenvalue weighted by atomic mass is 10.1. The van der Waals surface area contributed by atoms with Gasteiger partial charge < -0.3 is 21.3 Å². The third-order valence-corrected chi connectivity index (χ3v) is 4.25. The van der Waals surface area contributed by atoms with E-state index in [-0.39, 0.29) is 6.04 Å². The van der Waals surface area contributed by atoms with Crippen molar-refractivity contribution in [3.8, 4) is 0 Å². The lowest BCUT2D eigenvalue weighted by molar-refractivity contribution is 0.229. The van der Waals surface area contributed by atoms with Gasteiger partial charge in [0.1, 0.15) is 0 Å². The number of hydrogen-bond acceptors (Lipinski definition) is 6. The van der Waals surface area contributed by atoms with E-state index in [1.54, 1.807) is 6.20 Å². The Kier molecular flexibility index (Phi) is 11.2. The van der Waals surface area contributed by atoms with Crippen molar-refractivity contribution in [2.75, 3.05) is 33.9 Å². The number of aliphatic imine (C=N–C) groups is 1. The Morgan fingerprint density at radius 1 is 1.43 bits per heavy atom. The number of rotatable bonds is 14. The summed E-state index contributed by atoms with van der Waals surface area (Å²) in [6, 6.07) is 0.0698. The van der Waals surface area contributed by atoms with E-state index in [4.69, 9.17) is 5.73 Å². The molecule has 1 unspecified atom stereocenters. The van der Waals surface area contributed by atoms with Crippen molar-refractivity contribution in [2.24, 2.45) is 10.7 Å². The van der Waals surface area contributed by atoms with Crippen LogP contribution in [0.3, 0.4) is 0 Å². The van der Waals surface area contributed by atoms with Crippen LogP contribution < -0.4 is 16.4 Å². The summed E-state index contributed by atoms with van der Waals surface area (Å²) in [4.78, 5) is 8.06. The highest BCUT2D eigenvalue weighted by Gasteiger charge is 2.09. The second-order valence-corrected chi connectivity index (χ2v) is 7.04. The Bertz CT molecular complexity index is 627. The molecule has 0 spiro atoms. The van der Waals surface area contributed by atoms with Crippen LogP contribution in [0, 0.1) is 0 Å². The quantitative estimate of drug-likeness (QED) is 0.186. The van der Waals surface area contributed by atoms with Gasteiger partial charge in [-0.1, -0.05) is 36.5 Å². The fourth-order valence-electron chi connectivity index (χ4n) is 2.74. The second kappa shape index (κ2) is 13.4. The molecule has 0 aromatic carbocycles. The largest absolute Gasteiger partial charge is 0.396 e. The SMILES string of the molecule is C=CC(CCN(/C=C\N=C)CN(C)C)NC(=C)/C(N)=C/NCC1=CC=CCC1. The van der Waals surface area contributed by atoms with Gasteiger partial charge in [0.05, 0.1) is 18.1 Å². The molecule has 0 bridgehead atoms. The van der Waals surface area contributed by atoms with Crippen molar-refractivity contribution >= 4 is 6.72 Å². The van der Waals surface area contributed by atoms with Crippen molar-refractivity contribution in [1.29, 1.82) is 0 Å². The van der Waals surface area contributed by atoms with Crippen molar-refractivity contribution in [3.05, 3.63) is 73.0 Å². The summed E-state index contributed by atoms with van der Waals surface area (Å²) < 4.78 is 0. The zero-order valence-corrected chi connectivity index (χ0v) is 17.4. The lowest BCUT2D eigenvalue weighted by Gasteiger charge is -2.26. The van der Waals surface area contributed by atoms with Crippen LogP contribution in [0.1, 0.15) is 19.3 Å². The molecule has 0 amide bonds. The summed E-state index contributed by atoms with van der Waals surface area (Å²) in [5.74, 6) is 0. The van der Waals surface area contributed by atoms with Gasteiger partial charge in [-0.2, -0.15) is 0 Å². The highest BCUT2D eigenvalue weighted by Crippen LogP contribution is 2.10. The zero-order valence-electron chi connectivity index (χ0n) is 17.4. The second-order valence-electron chi connectivity index (χ2n) is 7.04. The molecule has 0 saturated heterocycles. The predicted molar refractivity (Wildman–Crippen MR) is 122 cm³/mol. The van der Waals surface area contributed by atoms with Crippen molar-refractivity contribution in [2.45, 2.75) is 25.3 Å². The number of allylic oxidation sites excluding steroid dienone is 3. The third-order valence-electron chi connectivity index (χ3n) is 4.25. The predicted octanol–water partition coefficient (Wildman–Crippen LogP) is 2.69. The first-order valence-corrected chi connectivity index (χ1v) is 9.59. The van der Waals surface area contributed by atoms with Crippen LogP contribution in [0.15, 0.2) is 78.0 Å². The van der Waals surface area contributed by atoms with E-state index in [1.807, 2.05) is 32.6 Å². The number of nitrogens with two attached hydrogens (primary N) is 1. The van der Waals surface area contributed by atoms with Gasteiger partial charge in [-0.05, 0) is 40.1 Å². The molecule has 0 saturated carbocycles. The third kappa shape index (κ3) is 9.83. The Labute approximate surface area is 170 Å². The molecular weight excluding hydrogens is 348 g/mol. The lowest BCUT2D eigenvalue weighted by Crippen LogP contribution is -2.35. The molecule has 1 atom stereocenters. The van der Waals surface area contributed by atoms with Gasteiger partial charge >= 0.3 is 0 Å². The summed E-state index contributed by atoms with van der Waals surface area (Å²) in [5.41, 5.74) is 8.81. The Hall–Kier alpha value is -2.73. The van der Waals surface area contributed by atoms with E-state index in [2.05, 4.69) is 63.5 Å². The Morgan fingerprint density at radius 2 is 2.21 bits per heavy atom. The van der Waals surface area contributed by atoms with E-state index in [0.29, 0.717) is 11.4 Å². The van der Waals surface area contributed by atoms with Crippen LogP contribution in [0.2, 0.25) is 0 Å². The molecule has 6 nitrogen and oxygen atoms in total. The summed E-state index contributed by atoms with van der Waals surface area (Å²) >= 11 is 0. The minimum atomic E-state index is 0.0698. The topological polar surface area (TPSA) is 68.9 Å². The first kappa shape index (κ1) is 23.3. The number of nitrogens with one attached hydrogen (secondary N) is 2. The molecule has 0 aromatic rings. The summed E-state index contributed by atoms with van der Waals surface area (Å²) in [5, 5.41) is 6.61. The van der Waals surface area contributed by atoms with Crippen molar-refractivity contribution < 1.29 is 0 Å². The molecule has 1 rings (SSSR count). The first-order valence-electron chi connectivity index (χ1n) is 9.59. The first-order chi connectivity index (χ1) is 13.5. The van der Waals surface area contributed by atoms with Gasteiger partial charge in [0.15, 0.2) is 0 Å². The molecule has 154 valence electrons. The van der Waals surface area contributed by atoms with Gasteiger partial charge in [0, 0.05) is 37.7 Å². The van der Waals surface area contributed by atoms with E-state index < -0.39 is 0 Å². The monoisotopic (exact) mass is 384 g/mol. The molecule has 6 heteroatoms. The van der Waals surface area contributed by atoms with Crippen LogP contribution in [0.25, 0.3) is 0 Å². The maximum atomic E-state index is 6.14. The van der Waals surface area contributed by atoms with Gasteiger partial charge in [-0.15, -0.1) is 6.58 Å². The minimum absolute atomic E-state index is 0.0698. The molecule has 0 aliphatic heterocycles. The molecule has 0 heterocycles. The molecular formula is C22H36N6. The fourth-order valence-corrected chi connectivity index (χ4v) is 2.74. The highest BCUT2D eigenvalue weighted by molar-refractivity contribution is 5.26. The van der Waals surface area contributed by atoms with E-state index >= 15 is 0 Å². The molecule has 0 fully saturated rings. The minimum Gasteiger partial charge on any atom is -0.396 e. The van der Waals surface area contributed by atoms with Crippen LogP contribution in [0.5, 0.6) is 0 Å². The standard InChI is InChI=1S/C22H36N6/c1-6-21(12-14-28(15-13-24-3)18-27(4)5)26-19(2)22(23)17-25-16-20-10-8-7-9-11-20/h6-8,10,13,15,17,21,25-26H,1-3,9,11-12,14,16,18,23H2,4-5H3/b15-13-,22-17-. The maximum absolute atomic E-state index is 6.14. The van der Waals surface area contributed by atoms with Crippen LogP contribution in [0.4, 0.5) is 0 Å². The molecule has 28 heavy (non-hydrogen) atoms.